The first-order valence-corrected chi connectivity index (χ1v) is 9.62. The van der Waals surface area contributed by atoms with Crippen molar-refractivity contribution >= 4 is 27.5 Å². The molecule has 7 nitrogen and oxygen atoms in total. The molecule has 0 fully saturated rings. The van der Waals surface area contributed by atoms with Crippen LogP contribution in [0.3, 0.4) is 0 Å². The molecule has 3 aromatic rings. The maximum atomic E-state index is 12.1. The molecule has 4 rings (SSSR count). The summed E-state index contributed by atoms with van der Waals surface area (Å²) in [6.45, 7) is 0.304. The average molecular weight is 381 g/mol. The first-order chi connectivity index (χ1) is 13.0. The van der Waals surface area contributed by atoms with Crippen LogP contribution in [0.15, 0.2) is 81.2 Å². The minimum atomic E-state index is -3.54. The summed E-state index contributed by atoms with van der Waals surface area (Å²) in [6.07, 6.45) is 1.44. The van der Waals surface area contributed by atoms with Crippen LogP contribution in [0.25, 0.3) is 0 Å². The van der Waals surface area contributed by atoms with E-state index in [1.165, 1.54) is 6.26 Å². The molecule has 2 heterocycles. The molecule has 0 saturated heterocycles. The molecule has 1 amide bonds. The average Bonchev–Trinajstić information content (AvgIpc) is 3.29. The summed E-state index contributed by atoms with van der Waals surface area (Å²) in [6, 6.07) is 17.1. The summed E-state index contributed by atoms with van der Waals surface area (Å²) in [7, 11) is -3.54. The van der Waals surface area contributed by atoms with Crippen LogP contribution >= 0.6 is 0 Å². The quantitative estimate of drug-likeness (QED) is 0.726. The smallest absolute Gasteiger partial charge is 0.291 e. The van der Waals surface area contributed by atoms with Gasteiger partial charge in [0, 0.05) is 11.3 Å². The summed E-state index contributed by atoms with van der Waals surface area (Å²) in [5.41, 5.74) is 2.07. The Balaban J connectivity index is 1.47. The van der Waals surface area contributed by atoms with Gasteiger partial charge in [0.2, 0.25) is 0 Å². The Kier molecular flexibility index (Phi) is 4.25. The van der Waals surface area contributed by atoms with E-state index in [4.69, 9.17) is 4.42 Å². The summed E-state index contributed by atoms with van der Waals surface area (Å²) in [5.74, 6) is 0.239. The Hall–Kier alpha value is -3.39. The van der Waals surface area contributed by atoms with E-state index in [0.29, 0.717) is 23.6 Å². The van der Waals surface area contributed by atoms with Gasteiger partial charge in [0.15, 0.2) is 5.76 Å². The highest BCUT2D eigenvalue weighted by molar-refractivity contribution is 7.90. The molecule has 2 N–H and O–H groups in total. The highest BCUT2D eigenvalue weighted by atomic mass is 32.2. The van der Waals surface area contributed by atoms with Crippen molar-refractivity contribution in [2.24, 2.45) is 4.99 Å². The van der Waals surface area contributed by atoms with Crippen LogP contribution < -0.4 is 10.0 Å². The van der Waals surface area contributed by atoms with Crippen LogP contribution in [-0.2, 0) is 16.6 Å². The van der Waals surface area contributed by atoms with Crippen LogP contribution in [-0.4, -0.2) is 20.2 Å². The van der Waals surface area contributed by atoms with Gasteiger partial charge in [0.1, 0.15) is 5.84 Å². The molecule has 136 valence electrons. The van der Waals surface area contributed by atoms with Crippen LogP contribution in [0.4, 0.5) is 5.69 Å². The number of benzene rings is 2. The number of hydrogen-bond acceptors (Lipinski definition) is 5. The molecule has 0 radical (unpaired) electrons. The number of amides is 1. The molecular weight excluding hydrogens is 366 g/mol. The molecule has 0 atom stereocenters. The number of nitrogens with zero attached hydrogens (tertiary/aromatic N) is 1. The molecule has 1 aliphatic heterocycles. The summed E-state index contributed by atoms with van der Waals surface area (Å²) in [5, 5.41) is 2.73. The number of carbonyl (C=O) groups excluding carboxylic acids is 1. The second-order valence-corrected chi connectivity index (χ2v) is 7.55. The van der Waals surface area contributed by atoms with E-state index in [9.17, 15) is 13.2 Å². The number of carbonyl (C=O) groups is 1. The minimum Gasteiger partial charge on any atom is -0.459 e. The largest absolute Gasteiger partial charge is 0.459 e. The van der Waals surface area contributed by atoms with E-state index in [1.807, 2.05) is 12.1 Å². The standard InChI is InChI=1S/C19H15N3O4S/c23-19(16-5-3-11-26-16)21-14-9-7-13(8-10-14)12-20-18-15-4-1-2-6-17(15)27(24,25)22-18/h1-11H,12H2,(H,20,22)(H,21,23). The highest BCUT2D eigenvalue weighted by Gasteiger charge is 2.29. The Labute approximate surface area is 155 Å². The van der Waals surface area contributed by atoms with E-state index in [0.717, 1.165) is 5.56 Å². The lowest BCUT2D eigenvalue weighted by Gasteiger charge is -2.05. The molecule has 27 heavy (non-hydrogen) atoms. The molecule has 1 aromatic heterocycles. The third kappa shape index (κ3) is 3.47. The first-order valence-electron chi connectivity index (χ1n) is 8.13. The Morgan fingerprint density at radius 1 is 1.04 bits per heavy atom. The monoisotopic (exact) mass is 381 g/mol. The zero-order valence-electron chi connectivity index (χ0n) is 14.0. The van der Waals surface area contributed by atoms with Gasteiger partial charge in [-0.15, -0.1) is 0 Å². The second kappa shape index (κ2) is 6.73. The lowest BCUT2D eigenvalue weighted by Crippen LogP contribution is -2.22. The minimum absolute atomic E-state index is 0.234. The molecule has 1 aliphatic rings. The molecule has 0 saturated carbocycles. The number of hydrogen-bond donors (Lipinski definition) is 2. The van der Waals surface area contributed by atoms with Gasteiger partial charge in [0.05, 0.1) is 17.7 Å². The number of sulfonamides is 1. The zero-order chi connectivity index (χ0) is 18.9. The molecule has 0 unspecified atom stereocenters. The van der Waals surface area contributed by atoms with Gasteiger partial charge in [-0.05, 0) is 42.0 Å². The van der Waals surface area contributed by atoms with Crippen LogP contribution in [0.2, 0.25) is 0 Å². The number of nitrogens with one attached hydrogen (secondary N) is 2. The van der Waals surface area contributed by atoms with Crippen molar-refractivity contribution in [2.45, 2.75) is 11.4 Å². The molecular formula is C19H15N3O4S. The predicted molar refractivity (Wildman–Crippen MR) is 100 cm³/mol. The van der Waals surface area contributed by atoms with Crippen molar-refractivity contribution in [3.05, 3.63) is 83.8 Å². The Morgan fingerprint density at radius 2 is 1.81 bits per heavy atom. The number of anilines is 1. The number of aliphatic imine (C=N–C) groups is 1. The van der Waals surface area contributed by atoms with Crippen molar-refractivity contribution in [1.82, 2.24) is 4.72 Å². The molecule has 0 spiro atoms. The number of fused-ring (bicyclic) bond motifs is 1. The topological polar surface area (TPSA) is 101 Å². The molecule has 2 aromatic carbocycles. The Morgan fingerprint density at radius 3 is 2.56 bits per heavy atom. The third-order valence-corrected chi connectivity index (χ3v) is 5.44. The normalized spacial score (nSPS) is 15.9. The van der Waals surface area contributed by atoms with Crippen LogP contribution in [0, 0.1) is 0 Å². The zero-order valence-corrected chi connectivity index (χ0v) is 14.9. The molecule has 8 heteroatoms. The fourth-order valence-electron chi connectivity index (χ4n) is 2.72. The van der Waals surface area contributed by atoms with Gasteiger partial charge in [-0.1, -0.05) is 24.3 Å². The van der Waals surface area contributed by atoms with Gasteiger partial charge in [-0.2, -0.15) is 0 Å². The molecule has 0 bridgehead atoms. The number of rotatable bonds is 4. The van der Waals surface area contributed by atoms with Crippen LogP contribution in [0.5, 0.6) is 0 Å². The van der Waals surface area contributed by atoms with Gasteiger partial charge in [-0.3, -0.25) is 14.5 Å². The SMILES string of the molecule is O=C(Nc1ccc(CN=C2NS(=O)(=O)c3ccccc32)cc1)c1ccco1. The number of amidine groups is 1. The van der Waals surface area contributed by atoms with E-state index in [2.05, 4.69) is 15.0 Å². The maximum absolute atomic E-state index is 12.1. The predicted octanol–water partition coefficient (Wildman–Crippen LogP) is 2.77. The third-order valence-electron chi connectivity index (χ3n) is 4.04. The summed E-state index contributed by atoms with van der Waals surface area (Å²) in [4.78, 5) is 16.6. The summed E-state index contributed by atoms with van der Waals surface area (Å²) < 4.78 is 31.7. The van der Waals surface area contributed by atoms with Crippen molar-refractivity contribution in [3.63, 3.8) is 0 Å². The maximum Gasteiger partial charge on any atom is 0.291 e. The van der Waals surface area contributed by atoms with E-state index in [-0.39, 0.29) is 16.6 Å². The molecule has 0 aliphatic carbocycles. The van der Waals surface area contributed by atoms with E-state index >= 15 is 0 Å². The van der Waals surface area contributed by atoms with Gasteiger partial charge in [0.25, 0.3) is 15.9 Å². The van der Waals surface area contributed by atoms with Crippen molar-refractivity contribution in [2.75, 3.05) is 5.32 Å². The van der Waals surface area contributed by atoms with E-state index in [1.54, 1.807) is 48.5 Å². The van der Waals surface area contributed by atoms with Gasteiger partial charge in [-0.25, -0.2) is 8.42 Å². The lowest BCUT2D eigenvalue weighted by atomic mass is 10.2. The highest BCUT2D eigenvalue weighted by Crippen LogP contribution is 2.22. The first kappa shape index (κ1) is 17.0. The second-order valence-electron chi connectivity index (χ2n) is 5.89. The van der Waals surface area contributed by atoms with Crippen molar-refractivity contribution < 1.29 is 17.6 Å². The van der Waals surface area contributed by atoms with E-state index < -0.39 is 10.0 Å². The lowest BCUT2D eigenvalue weighted by molar-refractivity contribution is 0.0996. The van der Waals surface area contributed by atoms with Gasteiger partial charge < -0.3 is 9.73 Å². The van der Waals surface area contributed by atoms with Crippen molar-refractivity contribution in [1.29, 1.82) is 0 Å². The van der Waals surface area contributed by atoms with Crippen LogP contribution in [0.1, 0.15) is 21.7 Å². The fraction of sp³-hybridized carbons (Fsp3) is 0.0526. The number of furan rings is 1. The Bertz CT molecular complexity index is 1120. The summed E-state index contributed by atoms with van der Waals surface area (Å²) >= 11 is 0. The van der Waals surface area contributed by atoms with Gasteiger partial charge >= 0.3 is 0 Å². The fourth-order valence-corrected chi connectivity index (χ4v) is 3.97. The van der Waals surface area contributed by atoms with Crippen molar-refractivity contribution in [3.8, 4) is 0 Å².